The normalized spacial score (nSPS) is 11.9. The summed E-state index contributed by atoms with van der Waals surface area (Å²) in [5, 5.41) is 4.34. The Balaban J connectivity index is 2.25. The number of thiophene rings is 1. The van der Waals surface area contributed by atoms with Crippen LogP contribution in [0.1, 0.15) is 19.4 Å². The minimum atomic E-state index is -0.303. The van der Waals surface area contributed by atoms with Crippen molar-refractivity contribution in [3.8, 4) is 0 Å². The predicted octanol–water partition coefficient (Wildman–Crippen LogP) is 1.77. The van der Waals surface area contributed by atoms with E-state index in [0.29, 0.717) is 0 Å². The second-order valence-electron chi connectivity index (χ2n) is 3.01. The molecular formula is C10H18O2SSi. The van der Waals surface area contributed by atoms with Gasteiger partial charge in [0, 0.05) is 13.2 Å². The molecule has 0 aliphatic rings. The van der Waals surface area contributed by atoms with Crippen LogP contribution in [0.2, 0.25) is 0 Å². The molecule has 4 heteroatoms. The molecule has 0 saturated carbocycles. The lowest BCUT2D eigenvalue weighted by Crippen LogP contribution is -2.26. The van der Waals surface area contributed by atoms with Crippen LogP contribution in [0, 0.1) is 0 Å². The van der Waals surface area contributed by atoms with Gasteiger partial charge in [-0.05, 0) is 42.3 Å². The van der Waals surface area contributed by atoms with Crippen LogP contribution in [0.4, 0.5) is 0 Å². The van der Waals surface area contributed by atoms with Gasteiger partial charge in [0.15, 0.2) is 0 Å². The maximum atomic E-state index is 5.52. The number of hydrogen-bond acceptors (Lipinski definition) is 3. The Morgan fingerprint density at radius 1 is 1.36 bits per heavy atom. The molecule has 0 aliphatic carbocycles. The molecule has 1 aromatic heterocycles. The van der Waals surface area contributed by atoms with Gasteiger partial charge in [-0.3, -0.25) is 0 Å². The summed E-state index contributed by atoms with van der Waals surface area (Å²) in [6.07, 6.45) is 0. The highest BCUT2D eigenvalue weighted by Gasteiger charge is 2.08. The lowest BCUT2D eigenvalue weighted by atomic mass is 10.4. The van der Waals surface area contributed by atoms with E-state index in [-0.39, 0.29) is 15.4 Å². The third-order valence-electron chi connectivity index (χ3n) is 1.95. The summed E-state index contributed by atoms with van der Waals surface area (Å²) in [7, 11) is -0.303. The van der Waals surface area contributed by atoms with E-state index in [4.69, 9.17) is 9.47 Å². The first kappa shape index (κ1) is 11.9. The smallest absolute Gasteiger partial charge is 0.135 e. The van der Waals surface area contributed by atoms with E-state index in [0.717, 1.165) is 13.2 Å². The van der Waals surface area contributed by atoms with Crippen LogP contribution in [0.5, 0.6) is 0 Å². The third kappa shape index (κ3) is 4.37. The topological polar surface area (TPSA) is 18.5 Å². The molecule has 0 unspecified atom stereocenters. The maximum Gasteiger partial charge on any atom is 0.135 e. The Morgan fingerprint density at radius 3 is 2.57 bits per heavy atom. The molecule has 0 spiro atoms. The molecule has 0 atom stereocenters. The van der Waals surface area contributed by atoms with Crippen LogP contribution in [-0.2, 0) is 15.5 Å². The minimum absolute atomic E-state index is 0.102. The molecule has 0 saturated heterocycles. The van der Waals surface area contributed by atoms with E-state index in [1.807, 2.05) is 13.8 Å². The van der Waals surface area contributed by atoms with Crippen LogP contribution in [-0.4, -0.2) is 28.6 Å². The fourth-order valence-electron chi connectivity index (χ4n) is 1.31. The van der Waals surface area contributed by atoms with Gasteiger partial charge in [0.25, 0.3) is 0 Å². The molecule has 0 aliphatic heterocycles. The van der Waals surface area contributed by atoms with Crippen molar-refractivity contribution < 1.29 is 9.47 Å². The first-order chi connectivity index (χ1) is 6.86. The van der Waals surface area contributed by atoms with Gasteiger partial charge in [-0.15, -0.1) is 0 Å². The summed E-state index contributed by atoms with van der Waals surface area (Å²) in [5.41, 5.74) is 1.44. The average molecular weight is 230 g/mol. The molecular weight excluding hydrogens is 212 g/mol. The van der Waals surface area contributed by atoms with E-state index < -0.39 is 0 Å². The molecule has 0 N–H and O–H groups in total. The third-order valence-corrected chi connectivity index (χ3v) is 4.49. The first-order valence-corrected chi connectivity index (χ1v) is 7.87. The summed E-state index contributed by atoms with van der Waals surface area (Å²) in [6.45, 7) is 5.54. The number of ether oxygens (including phenoxy) is 2. The van der Waals surface area contributed by atoms with Gasteiger partial charge >= 0.3 is 0 Å². The minimum Gasteiger partial charge on any atom is -0.357 e. The Kier molecular flexibility index (Phi) is 6.10. The lowest BCUT2D eigenvalue weighted by Gasteiger charge is -2.15. The van der Waals surface area contributed by atoms with E-state index in [2.05, 4.69) is 16.8 Å². The Morgan fingerprint density at radius 2 is 2.07 bits per heavy atom. The van der Waals surface area contributed by atoms with Gasteiger partial charge in [-0.2, -0.15) is 11.3 Å². The SMILES string of the molecule is CCOC(OCC)[SiH2]Cc1ccsc1. The largest absolute Gasteiger partial charge is 0.357 e. The highest BCUT2D eigenvalue weighted by molar-refractivity contribution is 7.08. The summed E-state index contributed by atoms with van der Waals surface area (Å²) in [5.74, 6) is 0.102. The van der Waals surface area contributed by atoms with Crippen molar-refractivity contribution in [1.82, 2.24) is 0 Å². The molecule has 1 aromatic rings. The van der Waals surface area contributed by atoms with Crippen molar-refractivity contribution in [1.29, 1.82) is 0 Å². The van der Waals surface area contributed by atoms with Crippen molar-refractivity contribution in [2.45, 2.75) is 25.8 Å². The summed E-state index contributed by atoms with van der Waals surface area (Å²) < 4.78 is 11.0. The van der Waals surface area contributed by atoms with Gasteiger partial charge in [-0.1, -0.05) is 0 Å². The van der Waals surface area contributed by atoms with E-state index in [9.17, 15) is 0 Å². The van der Waals surface area contributed by atoms with Crippen LogP contribution < -0.4 is 0 Å². The quantitative estimate of drug-likeness (QED) is 0.525. The average Bonchev–Trinajstić information content (AvgIpc) is 2.67. The zero-order valence-electron chi connectivity index (χ0n) is 8.86. The predicted molar refractivity (Wildman–Crippen MR) is 63.6 cm³/mol. The van der Waals surface area contributed by atoms with Crippen LogP contribution >= 0.6 is 11.3 Å². The monoisotopic (exact) mass is 230 g/mol. The van der Waals surface area contributed by atoms with Gasteiger partial charge < -0.3 is 9.47 Å². The zero-order chi connectivity index (χ0) is 10.2. The zero-order valence-corrected chi connectivity index (χ0v) is 11.1. The molecule has 0 radical (unpaired) electrons. The fourth-order valence-corrected chi connectivity index (χ4v) is 3.90. The van der Waals surface area contributed by atoms with Crippen LogP contribution in [0.3, 0.4) is 0 Å². The number of hydrogen-bond donors (Lipinski definition) is 0. The van der Waals surface area contributed by atoms with Crippen molar-refractivity contribution in [2.24, 2.45) is 0 Å². The Bertz CT molecular complexity index is 220. The van der Waals surface area contributed by atoms with Gasteiger partial charge in [-0.25, -0.2) is 0 Å². The molecule has 0 fully saturated rings. The molecule has 14 heavy (non-hydrogen) atoms. The standard InChI is InChI=1S/C10H18O2SSi/c1-3-11-10(12-4-2)14-8-9-5-6-13-7-9/h5-7,10H,3-4,8,14H2,1-2H3. The molecule has 80 valence electrons. The molecule has 0 aromatic carbocycles. The highest BCUT2D eigenvalue weighted by Crippen LogP contribution is 2.07. The molecule has 0 bridgehead atoms. The van der Waals surface area contributed by atoms with Crippen LogP contribution in [0.25, 0.3) is 0 Å². The molecule has 1 rings (SSSR count). The molecule has 1 heterocycles. The van der Waals surface area contributed by atoms with E-state index >= 15 is 0 Å². The Labute approximate surface area is 92.1 Å². The summed E-state index contributed by atoms with van der Waals surface area (Å²) in [4.78, 5) is 0. The Hall–Kier alpha value is -0.163. The second kappa shape index (κ2) is 7.17. The van der Waals surface area contributed by atoms with Crippen molar-refractivity contribution in [2.75, 3.05) is 13.2 Å². The van der Waals surface area contributed by atoms with Gasteiger partial charge in [0.2, 0.25) is 0 Å². The van der Waals surface area contributed by atoms with Crippen molar-refractivity contribution in [3.63, 3.8) is 0 Å². The maximum absolute atomic E-state index is 5.52. The van der Waals surface area contributed by atoms with Gasteiger partial charge in [0.1, 0.15) is 5.91 Å². The lowest BCUT2D eigenvalue weighted by molar-refractivity contribution is -0.0828. The second-order valence-corrected chi connectivity index (χ2v) is 5.53. The van der Waals surface area contributed by atoms with E-state index in [1.165, 1.54) is 11.6 Å². The van der Waals surface area contributed by atoms with E-state index in [1.54, 1.807) is 11.3 Å². The summed E-state index contributed by atoms with van der Waals surface area (Å²) in [6, 6.07) is 3.36. The first-order valence-electron chi connectivity index (χ1n) is 5.11. The summed E-state index contributed by atoms with van der Waals surface area (Å²) >= 11 is 1.76. The molecule has 0 amide bonds. The van der Waals surface area contributed by atoms with Crippen molar-refractivity contribution in [3.05, 3.63) is 22.4 Å². The van der Waals surface area contributed by atoms with Crippen molar-refractivity contribution >= 4 is 20.9 Å². The molecule has 2 nitrogen and oxygen atoms in total. The highest BCUT2D eigenvalue weighted by atomic mass is 32.1. The fraction of sp³-hybridized carbons (Fsp3) is 0.600. The van der Waals surface area contributed by atoms with Gasteiger partial charge in [0.05, 0.1) is 9.52 Å². The number of rotatable bonds is 7. The van der Waals surface area contributed by atoms with Crippen LogP contribution in [0.15, 0.2) is 16.8 Å².